The molecule has 2 N–H and O–H groups in total. The van der Waals surface area contributed by atoms with Gasteiger partial charge in [0.2, 0.25) is 0 Å². The molecule has 0 bridgehead atoms. The molecule has 35 heavy (non-hydrogen) atoms. The van der Waals surface area contributed by atoms with Gasteiger partial charge >= 0.3 is 0 Å². The fourth-order valence-electron chi connectivity index (χ4n) is 5.09. The first kappa shape index (κ1) is 22.6. The van der Waals surface area contributed by atoms with Crippen molar-refractivity contribution in [3.8, 4) is 12.1 Å². The lowest BCUT2D eigenvalue weighted by molar-refractivity contribution is 0.498. The number of fused-ring (bicyclic) bond motifs is 1. The molecule has 2 aromatic heterocycles. The van der Waals surface area contributed by atoms with Crippen LogP contribution in [0.2, 0.25) is 0 Å². The second-order valence-corrected chi connectivity index (χ2v) is 9.18. The normalized spacial score (nSPS) is 17.7. The Labute approximate surface area is 203 Å². The second-order valence-electron chi connectivity index (χ2n) is 9.18. The lowest BCUT2D eigenvalue weighted by atomic mass is 10.0. The third kappa shape index (κ3) is 4.25. The van der Waals surface area contributed by atoms with E-state index in [1.165, 1.54) is 16.5 Å². The zero-order chi connectivity index (χ0) is 24.4. The van der Waals surface area contributed by atoms with Gasteiger partial charge in [-0.05, 0) is 37.3 Å². The molecule has 0 amide bonds. The lowest BCUT2D eigenvalue weighted by Crippen LogP contribution is -2.44. The van der Waals surface area contributed by atoms with E-state index in [4.69, 9.17) is 5.73 Å². The van der Waals surface area contributed by atoms with E-state index in [9.17, 15) is 15.3 Å². The summed E-state index contributed by atoms with van der Waals surface area (Å²) < 4.78 is 3.50. The molecule has 1 aliphatic carbocycles. The van der Waals surface area contributed by atoms with Gasteiger partial charge in [-0.2, -0.15) is 10.5 Å². The van der Waals surface area contributed by atoms with Crippen molar-refractivity contribution in [1.29, 1.82) is 10.5 Å². The first-order valence-corrected chi connectivity index (χ1v) is 12.0. The summed E-state index contributed by atoms with van der Waals surface area (Å²) in [6, 6.07) is 11.8. The number of allylic oxidation sites excluding steroid dienone is 4. The van der Waals surface area contributed by atoms with Crippen molar-refractivity contribution in [3.05, 3.63) is 81.4 Å². The molecule has 0 radical (unpaired) electrons. The molecule has 2 aliphatic rings. The van der Waals surface area contributed by atoms with Crippen LogP contribution in [0.25, 0.3) is 11.0 Å². The molecule has 0 saturated carbocycles. The number of anilines is 1. The number of benzene rings is 1. The topological polar surface area (TPSA) is 117 Å². The number of aromatic nitrogens is 3. The molecule has 1 atom stereocenters. The van der Waals surface area contributed by atoms with Gasteiger partial charge in [0.05, 0.1) is 24.5 Å². The number of hydrogen-bond donors (Lipinski definition) is 1. The number of piperidine rings is 1. The van der Waals surface area contributed by atoms with E-state index >= 15 is 0 Å². The highest BCUT2D eigenvalue weighted by Crippen LogP contribution is 2.33. The highest BCUT2D eigenvalue weighted by atomic mass is 16.1. The molecular formula is C27H27N7O. The smallest absolute Gasteiger partial charge is 0.278 e. The summed E-state index contributed by atoms with van der Waals surface area (Å²) in [5, 5.41) is 19.6. The van der Waals surface area contributed by atoms with Gasteiger partial charge in [-0.3, -0.25) is 9.36 Å². The third-order valence-corrected chi connectivity index (χ3v) is 6.81. The molecule has 5 rings (SSSR count). The molecule has 176 valence electrons. The van der Waals surface area contributed by atoms with Gasteiger partial charge < -0.3 is 15.2 Å². The Morgan fingerprint density at radius 1 is 1.17 bits per heavy atom. The number of nitrogens with zero attached hydrogens (tertiary/aromatic N) is 6. The van der Waals surface area contributed by atoms with Crippen LogP contribution in [0.15, 0.2) is 59.2 Å². The Morgan fingerprint density at radius 2 is 2.03 bits per heavy atom. The van der Waals surface area contributed by atoms with Crippen LogP contribution in [0, 0.1) is 22.7 Å². The predicted molar refractivity (Wildman–Crippen MR) is 135 cm³/mol. The Hall–Kier alpha value is -4.14. The average Bonchev–Trinajstić information content (AvgIpc) is 3.20. The third-order valence-electron chi connectivity index (χ3n) is 6.81. The maximum atomic E-state index is 13.9. The van der Waals surface area contributed by atoms with E-state index in [-0.39, 0.29) is 18.1 Å². The van der Waals surface area contributed by atoms with E-state index in [0.29, 0.717) is 35.2 Å². The van der Waals surface area contributed by atoms with Crippen molar-refractivity contribution in [1.82, 2.24) is 14.1 Å². The zero-order valence-corrected chi connectivity index (χ0v) is 19.5. The van der Waals surface area contributed by atoms with Crippen molar-refractivity contribution in [3.63, 3.8) is 0 Å². The Bertz CT molecular complexity index is 1480. The van der Waals surface area contributed by atoms with Gasteiger partial charge in [0.25, 0.3) is 5.56 Å². The average molecular weight is 466 g/mol. The van der Waals surface area contributed by atoms with Gasteiger partial charge in [-0.25, -0.2) is 4.98 Å². The summed E-state index contributed by atoms with van der Waals surface area (Å²) in [7, 11) is 0. The first-order chi connectivity index (χ1) is 17.1. The molecule has 1 aromatic carbocycles. The molecule has 1 saturated heterocycles. The molecule has 0 unspecified atom stereocenters. The number of hydrogen-bond acceptors (Lipinski definition) is 6. The van der Waals surface area contributed by atoms with Gasteiger partial charge in [0.1, 0.15) is 28.5 Å². The fourth-order valence-corrected chi connectivity index (χ4v) is 5.09. The summed E-state index contributed by atoms with van der Waals surface area (Å²) in [5.41, 5.74) is 9.79. The lowest BCUT2D eigenvalue weighted by Gasteiger charge is -2.33. The van der Waals surface area contributed by atoms with Crippen molar-refractivity contribution in [2.45, 2.75) is 44.8 Å². The maximum absolute atomic E-state index is 13.9. The molecule has 8 heteroatoms. The Morgan fingerprint density at radius 3 is 2.77 bits per heavy atom. The minimum atomic E-state index is -0.223. The van der Waals surface area contributed by atoms with Crippen LogP contribution in [-0.2, 0) is 13.1 Å². The van der Waals surface area contributed by atoms with Gasteiger partial charge in [0, 0.05) is 25.7 Å². The van der Waals surface area contributed by atoms with Crippen molar-refractivity contribution in [2.24, 2.45) is 5.73 Å². The predicted octanol–water partition coefficient (Wildman–Crippen LogP) is 3.19. The SMILES string of the molecule is N#Cc1ccccc1Cn1cnc2c(C#N)c(N3CCC[C@H](N)C3)n(CC3=CC=CCC3)c2c1=O. The highest BCUT2D eigenvalue weighted by molar-refractivity contribution is 5.89. The zero-order valence-electron chi connectivity index (χ0n) is 19.5. The largest absolute Gasteiger partial charge is 0.355 e. The summed E-state index contributed by atoms with van der Waals surface area (Å²) in [6.07, 6.45) is 11.5. The fraction of sp³-hybridized carbons (Fsp3) is 0.333. The van der Waals surface area contributed by atoms with E-state index in [1.807, 2.05) is 22.8 Å². The summed E-state index contributed by atoms with van der Waals surface area (Å²) >= 11 is 0. The number of rotatable bonds is 5. The molecule has 0 spiro atoms. The number of nitrogens with two attached hydrogens (primary N) is 1. The molecule has 8 nitrogen and oxygen atoms in total. The van der Waals surface area contributed by atoms with Crippen LogP contribution in [0.3, 0.4) is 0 Å². The Kier molecular flexibility index (Phi) is 6.22. The molecule has 3 heterocycles. The van der Waals surface area contributed by atoms with Crippen LogP contribution < -0.4 is 16.2 Å². The molecule has 1 aliphatic heterocycles. The summed E-state index contributed by atoms with van der Waals surface area (Å²) in [5.74, 6) is 0.730. The number of nitriles is 2. The van der Waals surface area contributed by atoms with Crippen LogP contribution >= 0.6 is 0 Å². The summed E-state index contributed by atoms with van der Waals surface area (Å²) in [6.45, 7) is 2.16. The van der Waals surface area contributed by atoms with Gasteiger partial charge in [-0.15, -0.1) is 0 Å². The minimum Gasteiger partial charge on any atom is -0.355 e. The van der Waals surface area contributed by atoms with Crippen molar-refractivity contribution >= 4 is 16.9 Å². The minimum absolute atomic E-state index is 0.0192. The van der Waals surface area contributed by atoms with E-state index in [2.05, 4.69) is 34.2 Å². The second kappa shape index (κ2) is 9.61. The standard InChI is InChI=1S/C27H27N7O/c28-13-20-9-4-5-10-21(20)16-33-18-31-24-23(14-29)26(32-12-6-11-22(30)17-32)34(25(24)27(33)35)15-19-7-2-1-3-8-19/h1-2,4-5,7,9-10,18,22H,3,6,8,11-12,15-17,30H2/t22-/m0/s1. The van der Waals surface area contributed by atoms with Gasteiger partial charge in [-0.1, -0.05) is 42.0 Å². The van der Waals surface area contributed by atoms with Crippen LogP contribution in [0.5, 0.6) is 0 Å². The van der Waals surface area contributed by atoms with Gasteiger partial charge in [0.15, 0.2) is 0 Å². The maximum Gasteiger partial charge on any atom is 0.278 e. The van der Waals surface area contributed by atoms with Crippen molar-refractivity contribution in [2.75, 3.05) is 18.0 Å². The van der Waals surface area contributed by atoms with Crippen LogP contribution in [0.4, 0.5) is 5.82 Å². The first-order valence-electron chi connectivity index (χ1n) is 12.0. The van der Waals surface area contributed by atoms with E-state index in [1.54, 1.807) is 12.1 Å². The van der Waals surface area contributed by atoms with E-state index in [0.717, 1.165) is 43.6 Å². The van der Waals surface area contributed by atoms with E-state index < -0.39 is 0 Å². The summed E-state index contributed by atoms with van der Waals surface area (Å²) in [4.78, 5) is 20.6. The van der Waals surface area contributed by atoms with Crippen molar-refractivity contribution < 1.29 is 0 Å². The Balaban J connectivity index is 1.70. The van der Waals surface area contributed by atoms with Crippen LogP contribution in [-0.4, -0.2) is 33.2 Å². The van der Waals surface area contributed by atoms with Crippen LogP contribution in [0.1, 0.15) is 42.4 Å². The quantitative estimate of drug-likeness (QED) is 0.618. The highest BCUT2D eigenvalue weighted by Gasteiger charge is 2.29. The molecular weight excluding hydrogens is 438 g/mol. The molecule has 1 fully saturated rings. The monoisotopic (exact) mass is 465 g/mol. The molecule has 3 aromatic rings.